The SMILES string of the molecule is Cc1cc(C(=O)OCC(=O)NCC(F)(F)F)c(C)n1C1CC1. The lowest BCUT2D eigenvalue weighted by Gasteiger charge is -2.09. The fraction of sp³-hybridized carbons (Fsp3) is 0.571. The Balaban J connectivity index is 1.90. The number of alkyl halides is 3. The Bertz CT molecular complexity index is 589. The zero-order valence-electron chi connectivity index (χ0n) is 12.3. The molecular weight excluding hydrogens is 301 g/mol. The van der Waals surface area contributed by atoms with E-state index < -0.39 is 31.2 Å². The van der Waals surface area contributed by atoms with Crippen LogP contribution in [0.2, 0.25) is 0 Å². The third-order valence-electron chi connectivity index (χ3n) is 3.44. The van der Waals surface area contributed by atoms with Crippen LogP contribution in [0.4, 0.5) is 13.2 Å². The smallest absolute Gasteiger partial charge is 0.405 e. The highest BCUT2D eigenvalue weighted by atomic mass is 19.4. The molecule has 1 aliphatic rings. The molecule has 1 amide bonds. The molecule has 22 heavy (non-hydrogen) atoms. The summed E-state index contributed by atoms with van der Waals surface area (Å²) in [6.07, 6.45) is -2.37. The Labute approximate surface area is 125 Å². The molecule has 0 spiro atoms. The zero-order valence-corrected chi connectivity index (χ0v) is 12.3. The second-order valence-corrected chi connectivity index (χ2v) is 5.35. The first-order valence-corrected chi connectivity index (χ1v) is 6.88. The molecule has 8 heteroatoms. The van der Waals surface area contributed by atoms with Crippen molar-refractivity contribution in [3.63, 3.8) is 0 Å². The van der Waals surface area contributed by atoms with E-state index in [0.29, 0.717) is 11.6 Å². The molecule has 5 nitrogen and oxygen atoms in total. The Hall–Kier alpha value is -1.99. The topological polar surface area (TPSA) is 60.3 Å². The van der Waals surface area contributed by atoms with Crippen LogP contribution in [0, 0.1) is 13.8 Å². The molecule has 0 saturated heterocycles. The number of hydrogen-bond acceptors (Lipinski definition) is 3. The van der Waals surface area contributed by atoms with E-state index in [1.54, 1.807) is 18.3 Å². The van der Waals surface area contributed by atoms with Crippen LogP contribution in [0.25, 0.3) is 0 Å². The van der Waals surface area contributed by atoms with Gasteiger partial charge in [0, 0.05) is 17.4 Å². The number of ether oxygens (including phenoxy) is 1. The van der Waals surface area contributed by atoms with Crippen molar-refractivity contribution in [1.29, 1.82) is 0 Å². The van der Waals surface area contributed by atoms with Crippen molar-refractivity contribution in [2.75, 3.05) is 13.2 Å². The number of amides is 1. The van der Waals surface area contributed by atoms with Crippen LogP contribution in [0.15, 0.2) is 6.07 Å². The lowest BCUT2D eigenvalue weighted by atomic mass is 10.2. The van der Waals surface area contributed by atoms with Crippen LogP contribution < -0.4 is 5.32 Å². The number of nitrogens with one attached hydrogen (secondary N) is 1. The van der Waals surface area contributed by atoms with Crippen LogP contribution in [0.5, 0.6) is 0 Å². The van der Waals surface area contributed by atoms with Gasteiger partial charge in [-0.1, -0.05) is 0 Å². The summed E-state index contributed by atoms with van der Waals surface area (Å²) in [4.78, 5) is 23.1. The molecule has 1 heterocycles. The van der Waals surface area contributed by atoms with Gasteiger partial charge in [0.2, 0.25) is 0 Å². The van der Waals surface area contributed by atoms with Crippen molar-refractivity contribution in [1.82, 2.24) is 9.88 Å². The minimum atomic E-state index is -4.49. The van der Waals surface area contributed by atoms with Crippen molar-refractivity contribution in [2.45, 2.75) is 38.9 Å². The quantitative estimate of drug-likeness (QED) is 0.847. The summed E-state index contributed by atoms with van der Waals surface area (Å²) >= 11 is 0. The molecule has 0 bridgehead atoms. The summed E-state index contributed by atoms with van der Waals surface area (Å²) in [5.41, 5.74) is 2.02. The molecular formula is C14H17F3N2O3. The van der Waals surface area contributed by atoms with Crippen LogP contribution in [-0.2, 0) is 9.53 Å². The highest BCUT2D eigenvalue weighted by molar-refractivity contribution is 5.92. The predicted molar refractivity (Wildman–Crippen MR) is 71.5 cm³/mol. The highest BCUT2D eigenvalue weighted by Gasteiger charge is 2.29. The summed E-state index contributed by atoms with van der Waals surface area (Å²) in [5.74, 6) is -1.69. The Kier molecular flexibility index (Phi) is 4.48. The minimum Gasteiger partial charge on any atom is -0.452 e. The number of esters is 1. The van der Waals surface area contributed by atoms with E-state index in [2.05, 4.69) is 0 Å². The molecule has 0 unspecified atom stereocenters. The number of rotatable bonds is 5. The largest absolute Gasteiger partial charge is 0.452 e. The first-order chi connectivity index (χ1) is 10.2. The van der Waals surface area contributed by atoms with Gasteiger partial charge >= 0.3 is 12.1 Å². The normalized spacial score (nSPS) is 14.8. The molecule has 2 rings (SSSR count). The Morgan fingerprint density at radius 1 is 1.36 bits per heavy atom. The molecule has 1 aliphatic carbocycles. The molecule has 0 aromatic carbocycles. The van der Waals surface area contributed by atoms with E-state index >= 15 is 0 Å². The van der Waals surface area contributed by atoms with Gasteiger partial charge in [-0.2, -0.15) is 13.2 Å². The Morgan fingerprint density at radius 2 is 2.00 bits per heavy atom. The third kappa shape index (κ3) is 4.02. The number of carbonyl (C=O) groups is 2. The molecule has 1 N–H and O–H groups in total. The number of carbonyl (C=O) groups excluding carboxylic acids is 2. The highest BCUT2D eigenvalue weighted by Crippen LogP contribution is 2.38. The fourth-order valence-corrected chi connectivity index (χ4v) is 2.34. The third-order valence-corrected chi connectivity index (χ3v) is 3.44. The van der Waals surface area contributed by atoms with E-state index in [-0.39, 0.29) is 0 Å². The molecule has 1 fully saturated rings. The number of halogens is 3. The van der Waals surface area contributed by atoms with E-state index in [1.165, 1.54) is 0 Å². The number of nitrogens with zero attached hydrogens (tertiary/aromatic N) is 1. The summed E-state index contributed by atoms with van der Waals surface area (Å²) in [6.45, 7) is 1.48. The van der Waals surface area contributed by atoms with Gasteiger partial charge in [0.15, 0.2) is 6.61 Å². The molecule has 1 saturated carbocycles. The molecule has 0 radical (unpaired) electrons. The standard InChI is InChI=1S/C14H17F3N2O3/c1-8-5-11(9(2)19(8)10-3-4-10)13(21)22-6-12(20)18-7-14(15,16)17/h5,10H,3-4,6-7H2,1-2H3,(H,18,20). The van der Waals surface area contributed by atoms with Gasteiger partial charge < -0.3 is 14.6 Å². The maximum atomic E-state index is 11.9. The summed E-state index contributed by atoms with van der Waals surface area (Å²) < 4.78 is 42.6. The van der Waals surface area contributed by atoms with Gasteiger partial charge in [-0.15, -0.1) is 0 Å². The van der Waals surface area contributed by atoms with Crippen molar-refractivity contribution in [2.24, 2.45) is 0 Å². The van der Waals surface area contributed by atoms with Gasteiger partial charge in [-0.3, -0.25) is 4.79 Å². The zero-order chi connectivity index (χ0) is 16.5. The number of aryl methyl sites for hydroxylation is 1. The van der Waals surface area contributed by atoms with E-state index in [1.807, 2.05) is 11.5 Å². The predicted octanol–water partition coefficient (Wildman–Crippen LogP) is 2.28. The van der Waals surface area contributed by atoms with Crippen LogP contribution in [-0.4, -0.2) is 35.8 Å². The van der Waals surface area contributed by atoms with Crippen molar-refractivity contribution >= 4 is 11.9 Å². The monoisotopic (exact) mass is 318 g/mol. The molecule has 0 atom stereocenters. The molecule has 1 aromatic heterocycles. The van der Waals surface area contributed by atoms with Gasteiger partial charge in [-0.25, -0.2) is 4.79 Å². The molecule has 122 valence electrons. The van der Waals surface area contributed by atoms with Gasteiger partial charge in [0.05, 0.1) is 5.56 Å². The van der Waals surface area contributed by atoms with Gasteiger partial charge in [0.1, 0.15) is 6.54 Å². The first kappa shape index (κ1) is 16.4. The second kappa shape index (κ2) is 6.02. The summed E-state index contributed by atoms with van der Waals surface area (Å²) in [6, 6.07) is 2.07. The van der Waals surface area contributed by atoms with Crippen molar-refractivity contribution < 1.29 is 27.5 Å². The summed E-state index contributed by atoms with van der Waals surface area (Å²) in [7, 11) is 0. The number of aromatic nitrogens is 1. The van der Waals surface area contributed by atoms with Crippen LogP contribution in [0.3, 0.4) is 0 Å². The van der Waals surface area contributed by atoms with Crippen molar-refractivity contribution in [3.05, 3.63) is 23.0 Å². The van der Waals surface area contributed by atoms with Crippen molar-refractivity contribution in [3.8, 4) is 0 Å². The molecule has 0 aliphatic heterocycles. The maximum absolute atomic E-state index is 11.9. The first-order valence-electron chi connectivity index (χ1n) is 6.88. The van der Waals surface area contributed by atoms with E-state index in [9.17, 15) is 22.8 Å². The van der Waals surface area contributed by atoms with Crippen LogP contribution in [0.1, 0.15) is 40.6 Å². The summed E-state index contributed by atoms with van der Waals surface area (Å²) in [5, 5.41) is 1.64. The maximum Gasteiger partial charge on any atom is 0.405 e. The van der Waals surface area contributed by atoms with Gasteiger partial charge in [-0.05, 0) is 32.8 Å². The number of hydrogen-bond donors (Lipinski definition) is 1. The average molecular weight is 318 g/mol. The fourth-order valence-electron chi connectivity index (χ4n) is 2.34. The lowest BCUT2D eigenvalue weighted by Crippen LogP contribution is -2.36. The van der Waals surface area contributed by atoms with E-state index in [4.69, 9.17) is 4.74 Å². The Morgan fingerprint density at radius 3 is 2.55 bits per heavy atom. The van der Waals surface area contributed by atoms with Crippen LogP contribution >= 0.6 is 0 Å². The molecule has 1 aromatic rings. The van der Waals surface area contributed by atoms with Gasteiger partial charge in [0.25, 0.3) is 5.91 Å². The van der Waals surface area contributed by atoms with E-state index in [0.717, 1.165) is 24.2 Å². The lowest BCUT2D eigenvalue weighted by molar-refractivity contribution is -0.140. The average Bonchev–Trinajstić information content (AvgIpc) is 3.19. The second-order valence-electron chi connectivity index (χ2n) is 5.35. The minimum absolute atomic E-state index is 0.341.